The van der Waals surface area contributed by atoms with Crippen LogP contribution in [0.15, 0.2) is 6.07 Å². The molecule has 0 spiro atoms. The van der Waals surface area contributed by atoms with Crippen LogP contribution in [0.3, 0.4) is 0 Å². The number of ether oxygens (including phenoxy) is 1. The van der Waals surface area contributed by atoms with Gasteiger partial charge in [0.05, 0.1) is 7.11 Å². The molecule has 2 N–H and O–H groups in total. The van der Waals surface area contributed by atoms with Crippen molar-refractivity contribution in [3.63, 3.8) is 0 Å². The molecule has 1 unspecified atom stereocenters. The minimum atomic E-state index is -0.278. The topological polar surface area (TPSA) is 55.6 Å². The maximum atomic E-state index is 11.8. The molecule has 1 atom stereocenters. The van der Waals surface area contributed by atoms with Crippen molar-refractivity contribution in [3.05, 3.63) is 28.3 Å². The monoisotopic (exact) mass is 264 g/mol. The fraction of sp³-hybridized carbons (Fsp3) is 0.533. The molecule has 1 rings (SSSR count). The van der Waals surface area contributed by atoms with E-state index in [-0.39, 0.29) is 11.9 Å². The normalized spacial score (nSPS) is 12.2. The molecular weight excluding hydrogens is 240 g/mol. The molecule has 0 aliphatic rings. The van der Waals surface area contributed by atoms with E-state index in [2.05, 4.69) is 0 Å². The van der Waals surface area contributed by atoms with Crippen molar-refractivity contribution in [2.24, 2.45) is 5.73 Å². The average Bonchev–Trinajstić information content (AvgIpc) is 2.33. The van der Waals surface area contributed by atoms with Crippen LogP contribution in [0, 0.1) is 20.8 Å². The number of aryl methyl sites for hydroxylation is 1. The molecule has 0 saturated carbocycles. The lowest BCUT2D eigenvalue weighted by atomic mass is 9.91. The third kappa shape index (κ3) is 3.26. The van der Waals surface area contributed by atoms with E-state index in [0.717, 1.165) is 28.0 Å². The largest absolute Gasteiger partial charge is 0.496 e. The van der Waals surface area contributed by atoms with Crippen LogP contribution < -0.4 is 10.5 Å². The van der Waals surface area contributed by atoms with Crippen LogP contribution >= 0.6 is 0 Å². The number of hydrogen-bond donors (Lipinski definition) is 1. The smallest absolute Gasteiger partial charge is 0.223 e. The molecule has 0 saturated heterocycles. The van der Waals surface area contributed by atoms with E-state index in [1.165, 1.54) is 0 Å². The first-order valence-electron chi connectivity index (χ1n) is 6.40. The van der Waals surface area contributed by atoms with Crippen molar-refractivity contribution < 1.29 is 9.53 Å². The molecule has 0 aliphatic carbocycles. The molecule has 4 nitrogen and oxygen atoms in total. The van der Waals surface area contributed by atoms with Crippen LogP contribution in [0.5, 0.6) is 5.75 Å². The second kappa shape index (κ2) is 6.06. The highest BCUT2D eigenvalue weighted by Crippen LogP contribution is 2.31. The van der Waals surface area contributed by atoms with Crippen LogP contribution in [0.25, 0.3) is 0 Å². The highest BCUT2D eigenvalue weighted by molar-refractivity contribution is 5.76. The lowest BCUT2D eigenvalue weighted by Gasteiger charge is -2.22. The van der Waals surface area contributed by atoms with Gasteiger partial charge in [-0.15, -0.1) is 0 Å². The summed E-state index contributed by atoms with van der Waals surface area (Å²) in [5.74, 6) is 0.907. The molecule has 4 heteroatoms. The Bertz CT molecular complexity index is 482. The Morgan fingerprint density at radius 2 is 1.89 bits per heavy atom. The lowest BCUT2D eigenvalue weighted by molar-refractivity contribution is -0.129. The molecule has 106 valence electrons. The maximum Gasteiger partial charge on any atom is 0.223 e. The van der Waals surface area contributed by atoms with Gasteiger partial charge in [-0.25, -0.2) is 0 Å². The third-order valence-electron chi connectivity index (χ3n) is 3.59. The number of rotatable bonds is 4. The average molecular weight is 264 g/mol. The second-order valence-corrected chi connectivity index (χ2v) is 5.16. The van der Waals surface area contributed by atoms with Crippen molar-refractivity contribution in [1.29, 1.82) is 0 Å². The number of benzene rings is 1. The van der Waals surface area contributed by atoms with Crippen molar-refractivity contribution in [1.82, 2.24) is 4.90 Å². The molecule has 1 aromatic carbocycles. The van der Waals surface area contributed by atoms with Gasteiger partial charge in [-0.05, 0) is 49.1 Å². The summed E-state index contributed by atoms with van der Waals surface area (Å²) in [7, 11) is 5.15. The Labute approximate surface area is 115 Å². The van der Waals surface area contributed by atoms with Crippen LogP contribution in [-0.2, 0) is 4.79 Å². The zero-order valence-electron chi connectivity index (χ0n) is 12.7. The summed E-state index contributed by atoms with van der Waals surface area (Å²) in [6.07, 6.45) is 0.320. The Morgan fingerprint density at radius 3 is 2.37 bits per heavy atom. The summed E-state index contributed by atoms with van der Waals surface area (Å²) >= 11 is 0. The number of hydrogen-bond acceptors (Lipinski definition) is 3. The molecule has 0 fully saturated rings. The first-order chi connectivity index (χ1) is 8.79. The zero-order valence-corrected chi connectivity index (χ0v) is 12.7. The van der Waals surface area contributed by atoms with Crippen molar-refractivity contribution in [3.8, 4) is 5.75 Å². The lowest BCUT2D eigenvalue weighted by Crippen LogP contribution is -2.27. The van der Waals surface area contributed by atoms with Gasteiger partial charge in [0.15, 0.2) is 0 Å². The fourth-order valence-corrected chi connectivity index (χ4v) is 2.32. The molecule has 0 heterocycles. The van der Waals surface area contributed by atoms with E-state index >= 15 is 0 Å². The molecule has 19 heavy (non-hydrogen) atoms. The number of carbonyl (C=O) groups is 1. The SMILES string of the molecule is COc1cc(C)c(C(N)CC(=O)N(C)C)c(C)c1C. The van der Waals surface area contributed by atoms with Gasteiger partial charge in [0.25, 0.3) is 0 Å². The van der Waals surface area contributed by atoms with E-state index in [9.17, 15) is 4.79 Å². The minimum absolute atomic E-state index is 0.0415. The van der Waals surface area contributed by atoms with Crippen LogP contribution in [0.1, 0.15) is 34.7 Å². The summed E-state index contributed by atoms with van der Waals surface area (Å²) in [4.78, 5) is 13.3. The molecule has 0 aromatic heterocycles. The molecule has 0 radical (unpaired) electrons. The van der Waals surface area contributed by atoms with Gasteiger partial charge in [-0.1, -0.05) is 0 Å². The quantitative estimate of drug-likeness (QED) is 0.906. The van der Waals surface area contributed by atoms with E-state index in [1.807, 2.05) is 26.8 Å². The summed E-state index contributed by atoms with van der Waals surface area (Å²) in [6.45, 7) is 6.04. The summed E-state index contributed by atoms with van der Waals surface area (Å²) < 4.78 is 5.34. The predicted molar refractivity (Wildman–Crippen MR) is 77.4 cm³/mol. The van der Waals surface area contributed by atoms with Gasteiger partial charge in [0.1, 0.15) is 5.75 Å². The van der Waals surface area contributed by atoms with Gasteiger partial charge in [0.2, 0.25) is 5.91 Å². The number of amides is 1. The van der Waals surface area contributed by atoms with E-state index < -0.39 is 0 Å². The Hall–Kier alpha value is -1.55. The Balaban J connectivity index is 3.14. The summed E-state index contributed by atoms with van der Waals surface area (Å²) in [5, 5.41) is 0. The van der Waals surface area contributed by atoms with Crippen molar-refractivity contribution in [2.75, 3.05) is 21.2 Å². The highest BCUT2D eigenvalue weighted by atomic mass is 16.5. The van der Waals surface area contributed by atoms with E-state index in [1.54, 1.807) is 26.1 Å². The third-order valence-corrected chi connectivity index (χ3v) is 3.59. The van der Waals surface area contributed by atoms with Crippen molar-refractivity contribution >= 4 is 5.91 Å². The van der Waals surface area contributed by atoms with E-state index in [4.69, 9.17) is 10.5 Å². The van der Waals surface area contributed by atoms with E-state index in [0.29, 0.717) is 6.42 Å². The predicted octanol–water partition coefficient (Wildman–Crippen LogP) is 2.10. The number of nitrogens with two attached hydrogens (primary N) is 1. The van der Waals surface area contributed by atoms with Gasteiger partial charge in [-0.2, -0.15) is 0 Å². The van der Waals surface area contributed by atoms with Gasteiger partial charge in [-0.3, -0.25) is 4.79 Å². The fourth-order valence-electron chi connectivity index (χ4n) is 2.32. The highest BCUT2D eigenvalue weighted by Gasteiger charge is 2.19. The van der Waals surface area contributed by atoms with Gasteiger partial charge >= 0.3 is 0 Å². The van der Waals surface area contributed by atoms with Crippen molar-refractivity contribution in [2.45, 2.75) is 33.2 Å². The second-order valence-electron chi connectivity index (χ2n) is 5.16. The first-order valence-corrected chi connectivity index (χ1v) is 6.40. The van der Waals surface area contributed by atoms with Crippen LogP contribution in [-0.4, -0.2) is 32.0 Å². The van der Waals surface area contributed by atoms with Gasteiger partial charge < -0.3 is 15.4 Å². The molecule has 0 bridgehead atoms. The van der Waals surface area contributed by atoms with Crippen LogP contribution in [0.2, 0.25) is 0 Å². The number of nitrogens with zero attached hydrogens (tertiary/aromatic N) is 1. The standard InChI is InChI=1S/C15H24N2O2/c1-9-7-13(19-6)10(2)11(3)15(9)12(16)8-14(18)17(4)5/h7,12H,8,16H2,1-6H3. The maximum absolute atomic E-state index is 11.8. The van der Waals surface area contributed by atoms with Gasteiger partial charge in [0, 0.05) is 26.6 Å². The minimum Gasteiger partial charge on any atom is -0.496 e. The Morgan fingerprint density at radius 1 is 1.32 bits per heavy atom. The Kier molecular flexibility index (Phi) is 4.95. The van der Waals surface area contributed by atoms with Crippen LogP contribution in [0.4, 0.5) is 0 Å². The molecule has 1 aromatic rings. The first kappa shape index (κ1) is 15.5. The molecule has 0 aliphatic heterocycles. The molecule has 1 amide bonds. The summed E-state index contributed by atoms with van der Waals surface area (Å²) in [6, 6.07) is 1.71. The zero-order chi connectivity index (χ0) is 14.7. The number of carbonyl (C=O) groups excluding carboxylic acids is 1. The molecular formula is C15H24N2O2. The summed E-state index contributed by atoms with van der Waals surface area (Å²) in [5.41, 5.74) is 10.5. The number of methoxy groups -OCH3 is 1.